The first-order chi connectivity index (χ1) is 6.30. The summed E-state index contributed by atoms with van der Waals surface area (Å²) in [6.07, 6.45) is 3.07. The molecule has 3 rings (SSSR count). The zero-order chi connectivity index (χ0) is 8.89. The van der Waals surface area contributed by atoms with Gasteiger partial charge in [-0.15, -0.1) is 11.8 Å². The quantitative estimate of drug-likeness (QED) is 0.737. The van der Waals surface area contributed by atoms with Crippen LogP contribution in [0.25, 0.3) is 0 Å². The van der Waals surface area contributed by atoms with E-state index in [9.17, 15) is 5.11 Å². The predicted molar refractivity (Wildman–Crippen MR) is 54.0 cm³/mol. The maximum Gasteiger partial charge on any atom is 0.0909 e. The topological polar surface area (TPSA) is 20.2 Å². The SMILES string of the molecule is OC1(c2cccc3c2SCC3)CC1. The van der Waals surface area contributed by atoms with Crippen molar-refractivity contribution in [2.75, 3.05) is 5.75 Å². The number of hydrogen-bond donors (Lipinski definition) is 1. The van der Waals surface area contributed by atoms with Crippen molar-refractivity contribution in [3.05, 3.63) is 29.3 Å². The first-order valence-electron chi connectivity index (χ1n) is 4.77. The van der Waals surface area contributed by atoms with Crippen LogP contribution >= 0.6 is 11.8 Å². The Labute approximate surface area is 82.2 Å². The molecule has 1 aliphatic carbocycles. The molecule has 68 valence electrons. The minimum absolute atomic E-state index is 0.456. The monoisotopic (exact) mass is 192 g/mol. The number of hydrogen-bond acceptors (Lipinski definition) is 2. The van der Waals surface area contributed by atoms with E-state index in [1.165, 1.54) is 28.2 Å². The summed E-state index contributed by atoms with van der Waals surface area (Å²) in [7, 11) is 0. The van der Waals surface area contributed by atoms with Gasteiger partial charge in [-0.25, -0.2) is 0 Å². The Hall–Kier alpha value is -0.470. The number of thioether (sulfide) groups is 1. The molecular weight excluding hydrogens is 180 g/mol. The van der Waals surface area contributed by atoms with Crippen molar-refractivity contribution >= 4 is 11.8 Å². The highest BCUT2D eigenvalue weighted by Crippen LogP contribution is 2.50. The number of aliphatic hydroxyl groups is 1. The van der Waals surface area contributed by atoms with Gasteiger partial charge < -0.3 is 5.11 Å². The van der Waals surface area contributed by atoms with Crippen LogP contribution in [0.2, 0.25) is 0 Å². The molecule has 0 spiro atoms. The molecule has 2 heteroatoms. The van der Waals surface area contributed by atoms with Crippen LogP contribution in [-0.4, -0.2) is 10.9 Å². The van der Waals surface area contributed by atoms with Gasteiger partial charge in [-0.3, -0.25) is 0 Å². The zero-order valence-corrected chi connectivity index (χ0v) is 8.23. The number of fused-ring (bicyclic) bond motifs is 1. The number of aryl methyl sites for hydroxylation is 1. The predicted octanol–water partition coefficient (Wildman–Crippen LogP) is 2.32. The molecule has 2 aliphatic rings. The highest BCUT2D eigenvalue weighted by molar-refractivity contribution is 7.99. The second-order valence-corrected chi connectivity index (χ2v) is 5.03. The van der Waals surface area contributed by atoms with E-state index in [1.54, 1.807) is 0 Å². The van der Waals surface area contributed by atoms with Crippen molar-refractivity contribution in [2.24, 2.45) is 0 Å². The van der Waals surface area contributed by atoms with E-state index in [1.807, 2.05) is 11.8 Å². The van der Waals surface area contributed by atoms with E-state index in [4.69, 9.17) is 0 Å². The summed E-state index contributed by atoms with van der Waals surface area (Å²) in [5.74, 6) is 1.18. The smallest absolute Gasteiger partial charge is 0.0909 e. The van der Waals surface area contributed by atoms with Crippen LogP contribution in [0.5, 0.6) is 0 Å². The molecule has 0 unspecified atom stereocenters. The molecule has 0 bridgehead atoms. The largest absolute Gasteiger partial charge is 0.385 e. The fourth-order valence-electron chi connectivity index (χ4n) is 1.97. The van der Waals surface area contributed by atoms with Crippen LogP contribution in [0.15, 0.2) is 23.1 Å². The normalized spacial score (nSPS) is 22.8. The van der Waals surface area contributed by atoms with E-state index in [0.29, 0.717) is 0 Å². The maximum absolute atomic E-state index is 10.1. The van der Waals surface area contributed by atoms with E-state index in [0.717, 1.165) is 12.8 Å². The second kappa shape index (κ2) is 2.52. The molecule has 1 heterocycles. The average Bonchev–Trinajstić information content (AvgIpc) is 2.72. The van der Waals surface area contributed by atoms with Gasteiger partial charge in [-0.1, -0.05) is 18.2 Å². The lowest BCUT2D eigenvalue weighted by Gasteiger charge is -2.12. The van der Waals surface area contributed by atoms with E-state index >= 15 is 0 Å². The van der Waals surface area contributed by atoms with Gasteiger partial charge in [0.15, 0.2) is 0 Å². The van der Waals surface area contributed by atoms with Crippen LogP contribution in [-0.2, 0) is 12.0 Å². The van der Waals surface area contributed by atoms with Crippen LogP contribution in [0.1, 0.15) is 24.0 Å². The Kier molecular flexibility index (Phi) is 1.53. The minimum Gasteiger partial charge on any atom is -0.385 e. The van der Waals surface area contributed by atoms with Crippen LogP contribution in [0, 0.1) is 0 Å². The highest BCUT2D eigenvalue weighted by atomic mass is 32.2. The van der Waals surface area contributed by atoms with E-state index in [2.05, 4.69) is 18.2 Å². The molecule has 0 saturated heterocycles. The Bertz CT molecular complexity index is 355. The molecule has 1 nitrogen and oxygen atoms in total. The third-order valence-electron chi connectivity index (χ3n) is 2.94. The Balaban J connectivity index is 2.15. The van der Waals surface area contributed by atoms with Crippen molar-refractivity contribution in [3.63, 3.8) is 0 Å². The molecule has 0 aromatic heterocycles. The van der Waals surface area contributed by atoms with Crippen LogP contribution < -0.4 is 0 Å². The summed E-state index contributed by atoms with van der Waals surface area (Å²) >= 11 is 1.90. The molecule has 1 aliphatic heterocycles. The van der Waals surface area contributed by atoms with Gasteiger partial charge in [0.1, 0.15) is 0 Å². The number of benzene rings is 1. The molecular formula is C11H12OS. The van der Waals surface area contributed by atoms with Crippen molar-refractivity contribution in [1.29, 1.82) is 0 Å². The highest BCUT2D eigenvalue weighted by Gasteiger charge is 2.44. The Morgan fingerprint density at radius 1 is 1.31 bits per heavy atom. The lowest BCUT2D eigenvalue weighted by molar-refractivity contribution is 0.148. The van der Waals surface area contributed by atoms with Crippen molar-refractivity contribution in [1.82, 2.24) is 0 Å². The van der Waals surface area contributed by atoms with E-state index in [-0.39, 0.29) is 0 Å². The molecule has 1 aromatic rings. The third-order valence-corrected chi connectivity index (χ3v) is 4.12. The van der Waals surface area contributed by atoms with E-state index < -0.39 is 5.60 Å². The van der Waals surface area contributed by atoms with Crippen LogP contribution in [0.4, 0.5) is 0 Å². The van der Waals surface area contributed by atoms with Crippen molar-refractivity contribution in [3.8, 4) is 0 Å². The third kappa shape index (κ3) is 1.12. The second-order valence-electron chi connectivity index (χ2n) is 3.92. The molecule has 0 amide bonds. The summed E-state index contributed by atoms with van der Waals surface area (Å²) in [5.41, 5.74) is 2.16. The molecule has 1 aromatic carbocycles. The van der Waals surface area contributed by atoms with Gasteiger partial charge in [0.25, 0.3) is 0 Å². The molecule has 1 N–H and O–H groups in total. The lowest BCUT2D eigenvalue weighted by Crippen LogP contribution is -2.05. The van der Waals surface area contributed by atoms with Crippen molar-refractivity contribution < 1.29 is 5.11 Å². The minimum atomic E-state index is -0.456. The van der Waals surface area contributed by atoms with Gasteiger partial charge >= 0.3 is 0 Å². The molecule has 1 fully saturated rings. The summed E-state index contributed by atoms with van der Waals surface area (Å²) < 4.78 is 0. The Morgan fingerprint density at radius 2 is 2.15 bits per heavy atom. The molecule has 1 saturated carbocycles. The molecule has 0 atom stereocenters. The maximum atomic E-state index is 10.1. The van der Waals surface area contributed by atoms with Crippen molar-refractivity contribution in [2.45, 2.75) is 29.8 Å². The fourth-order valence-corrected chi connectivity index (χ4v) is 3.26. The summed E-state index contributed by atoms with van der Waals surface area (Å²) in [6, 6.07) is 6.35. The average molecular weight is 192 g/mol. The fraction of sp³-hybridized carbons (Fsp3) is 0.455. The van der Waals surface area contributed by atoms with Gasteiger partial charge in [0.2, 0.25) is 0 Å². The standard InChI is InChI=1S/C11H12OS/c12-11(5-6-11)9-3-1-2-8-4-7-13-10(8)9/h1-3,12H,4-7H2. The van der Waals surface area contributed by atoms with Gasteiger partial charge in [0, 0.05) is 10.6 Å². The molecule has 0 radical (unpaired) electrons. The van der Waals surface area contributed by atoms with Gasteiger partial charge in [0.05, 0.1) is 5.60 Å². The first kappa shape index (κ1) is 7.89. The summed E-state index contributed by atoms with van der Waals surface area (Å²) in [4.78, 5) is 1.36. The van der Waals surface area contributed by atoms with Gasteiger partial charge in [-0.2, -0.15) is 0 Å². The first-order valence-corrected chi connectivity index (χ1v) is 5.76. The van der Waals surface area contributed by atoms with Crippen LogP contribution in [0.3, 0.4) is 0 Å². The number of rotatable bonds is 1. The Morgan fingerprint density at radius 3 is 2.92 bits per heavy atom. The zero-order valence-electron chi connectivity index (χ0n) is 7.42. The lowest BCUT2D eigenvalue weighted by atomic mass is 10.0. The summed E-state index contributed by atoms with van der Waals surface area (Å²) in [5, 5.41) is 10.1. The van der Waals surface area contributed by atoms with Gasteiger partial charge in [-0.05, 0) is 30.4 Å². The summed E-state index contributed by atoms with van der Waals surface area (Å²) in [6.45, 7) is 0. The molecule has 13 heavy (non-hydrogen) atoms.